The Bertz CT molecular complexity index is 361. The quantitative estimate of drug-likeness (QED) is 0.497. The molecule has 0 aliphatic carbocycles. The number of carbonyl (C=O) groups excluding carboxylic acids is 1. The van der Waals surface area contributed by atoms with Gasteiger partial charge in [-0.2, -0.15) is 0 Å². The summed E-state index contributed by atoms with van der Waals surface area (Å²) >= 11 is -2.38. The maximum absolute atomic E-state index is 11.7. The smallest absolute Gasteiger partial charge is 0.325 e. The maximum Gasteiger partial charge on any atom is 0.325 e. The highest BCUT2D eigenvalue weighted by atomic mass is 32.2. The van der Waals surface area contributed by atoms with Crippen molar-refractivity contribution in [3.05, 3.63) is 0 Å². The number of rotatable bonds is 1. The molecule has 0 amide bonds. The molecule has 0 N–H and O–H groups in total. The summed E-state index contributed by atoms with van der Waals surface area (Å²) in [6.07, 6.45) is 0. The first-order valence-corrected chi connectivity index (χ1v) is 6.44. The summed E-state index contributed by atoms with van der Waals surface area (Å²) < 4.78 is 29.1. The molecule has 3 fully saturated rings. The average molecular weight is 246 g/mol. The van der Waals surface area contributed by atoms with Crippen LogP contribution in [0.15, 0.2) is 0 Å². The van der Waals surface area contributed by atoms with Crippen molar-refractivity contribution in [1.82, 2.24) is 4.31 Å². The molecule has 0 aromatic carbocycles. The molecule has 0 spiro atoms. The molecule has 0 aromatic rings. The van der Waals surface area contributed by atoms with Crippen LogP contribution in [0, 0.1) is 11.8 Å². The number of nitrogens with zero attached hydrogens (tertiary/aromatic N) is 1. The molecule has 3 heterocycles. The third-order valence-corrected chi connectivity index (χ3v) is 5.30. The highest BCUT2D eigenvalue weighted by Crippen LogP contribution is 2.47. The lowest BCUT2D eigenvalue weighted by Gasteiger charge is -2.60. The Labute approximate surface area is 97.6 Å². The zero-order valence-electron chi connectivity index (χ0n) is 9.80. The maximum atomic E-state index is 11.7. The Balaban J connectivity index is 2.48. The normalized spacial score (nSPS) is 50.2. The van der Waals surface area contributed by atoms with Crippen molar-refractivity contribution in [3.63, 3.8) is 0 Å². The number of esters is 1. The predicted molar refractivity (Wildman–Crippen MR) is 56.8 cm³/mol. The van der Waals surface area contributed by atoms with Crippen molar-refractivity contribution < 1.29 is 18.3 Å². The van der Waals surface area contributed by atoms with E-state index in [9.17, 15) is 13.6 Å². The zero-order chi connectivity index (χ0) is 12.2. The van der Waals surface area contributed by atoms with Crippen LogP contribution in [0.2, 0.25) is 0 Å². The Morgan fingerprint density at radius 2 is 2.00 bits per heavy atom. The van der Waals surface area contributed by atoms with Crippen molar-refractivity contribution in [2.24, 2.45) is 11.8 Å². The fourth-order valence-corrected chi connectivity index (χ4v) is 3.83. The highest BCUT2D eigenvalue weighted by Gasteiger charge is 2.61. The molecule has 0 radical (unpaired) electrons. The molecule has 0 saturated carbocycles. The Kier molecular flexibility index (Phi) is 2.64. The molecular formula is C10H16NO4S-. The second-order valence-electron chi connectivity index (χ2n) is 4.95. The van der Waals surface area contributed by atoms with Gasteiger partial charge in [0.1, 0.15) is 11.6 Å². The summed E-state index contributed by atoms with van der Waals surface area (Å²) in [5, 5.41) is 0. The first kappa shape index (κ1) is 12.0. The van der Waals surface area contributed by atoms with Crippen molar-refractivity contribution >= 4 is 17.2 Å². The van der Waals surface area contributed by atoms with Crippen LogP contribution in [0.3, 0.4) is 0 Å². The molecule has 3 aliphatic heterocycles. The van der Waals surface area contributed by atoms with Crippen LogP contribution < -0.4 is 0 Å². The number of fused-ring (bicyclic) bond motifs is 3. The minimum atomic E-state index is -2.38. The topological polar surface area (TPSA) is 69.7 Å². The van der Waals surface area contributed by atoms with Crippen molar-refractivity contribution in [3.8, 4) is 0 Å². The summed E-state index contributed by atoms with van der Waals surface area (Å²) in [6, 6.07) is -0.968. The minimum Gasteiger partial charge on any atom is -0.760 e. The summed E-state index contributed by atoms with van der Waals surface area (Å²) in [6.45, 7) is 7.51. The first-order chi connectivity index (χ1) is 7.30. The van der Waals surface area contributed by atoms with Crippen LogP contribution in [-0.2, 0) is 20.8 Å². The molecule has 4 unspecified atom stereocenters. The SMILES string of the molecule is CC1[C@@H]2C(=O)OC(C)(C(C)N2S(=O)[O-])[C@H]1C. The molecule has 6 atom stereocenters. The highest BCUT2D eigenvalue weighted by molar-refractivity contribution is 7.76. The largest absolute Gasteiger partial charge is 0.760 e. The molecule has 5 nitrogen and oxygen atoms in total. The van der Waals surface area contributed by atoms with Gasteiger partial charge in [-0.3, -0.25) is 9.00 Å². The molecule has 92 valence electrons. The van der Waals surface area contributed by atoms with Gasteiger partial charge in [0.25, 0.3) is 0 Å². The van der Waals surface area contributed by atoms with E-state index in [1.54, 1.807) is 6.92 Å². The summed E-state index contributed by atoms with van der Waals surface area (Å²) in [5.41, 5.74) is -0.717. The standard InChI is InChI=1S/C10H17NO4S/c1-5-6(2)10(4)7(3)11(16(13)14)8(5)9(12)15-10/h5-8H,1-4H3,(H,13,14)/p-1/t5?,6-,7?,8+,10?/m0/s1. The lowest BCUT2D eigenvalue weighted by atomic mass is 9.68. The van der Waals surface area contributed by atoms with E-state index < -0.39 is 28.9 Å². The van der Waals surface area contributed by atoms with Gasteiger partial charge in [-0.05, 0) is 19.8 Å². The average Bonchev–Trinajstić information content (AvgIpc) is 2.18. The molecule has 0 aromatic heterocycles. The molecule has 2 bridgehead atoms. The Morgan fingerprint density at radius 3 is 2.50 bits per heavy atom. The molecule has 3 rings (SSSR count). The van der Waals surface area contributed by atoms with Gasteiger partial charge in [0.15, 0.2) is 0 Å². The van der Waals surface area contributed by atoms with Gasteiger partial charge < -0.3 is 9.29 Å². The third-order valence-electron chi connectivity index (χ3n) is 4.41. The van der Waals surface area contributed by atoms with Gasteiger partial charge in [0.2, 0.25) is 0 Å². The van der Waals surface area contributed by atoms with Crippen LogP contribution in [-0.4, -0.2) is 36.7 Å². The van der Waals surface area contributed by atoms with Gasteiger partial charge in [0.05, 0.1) is 6.04 Å². The number of ether oxygens (including phenoxy) is 1. The molecular weight excluding hydrogens is 230 g/mol. The summed E-state index contributed by atoms with van der Waals surface area (Å²) in [5.74, 6) is -0.277. The second kappa shape index (κ2) is 3.51. The van der Waals surface area contributed by atoms with Crippen LogP contribution in [0.25, 0.3) is 0 Å². The van der Waals surface area contributed by atoms with E-state index in [1.807, 2.05) is 20.8 Å². The minimum absolute atomic E-state index is 0.0136. The second-order valence-corrected chi connectivity index (χ2v) is 5.81. The van der Waals surface area contributed by atoms with Crippen molar-refractivity contribution in [2.75, 3.05) is 0 Å². The van der Waals surface area contributed by atoms with E-state index in [4.69, 9.17) is 4.74 Å². The number of carbonyl (C=O) groups is 1. The monoisotopic (exact) mass is 246 g/mol. The number of hydrogen-bond donors (Lipinski definition) is 0. The third kappa shape index (κ3) is 1.30. The van der Waals surface area contributed by atoms with E-state index in [0.29, 0.717) is 0 Å². The lowest BCUT2D eigenvalue weighted by molar-refractivity contribution is -0.222. The van der Waals surface area contributed by atoms with Crippen LogP contribution >= 0.6 is 0 Å². The molecule has 16 heavy (non-hydrogen) atoms. The first-order valence-electron chi connectivity index (χ1n) is 5.41. The van der Waals surface area contributed by atoms with Crippen LogP contribution in [0.4, 0.5) is 0 Å². The van der Waals surface area contributed by atoms with Crippen LogP contribution in [0.5, 0.6) is 0 Å². The van der Waals surface area contributed by atoms with E-state index >= 15 is 0 Å². The fraction of sp³-hybridized carbons (Fsp3) is 0.900. The summed E-state index contributed by atoms with van der Waals surface area (Å²) in [4.78, 5) is 11.7. The van der Waals surface area contributed by atoms with Gasteiger partial charge in [-0.15, -0.1) is 0 Å². The Hall–Kier alpha value is -0.460. The molecule has 3 aliphatic rings. The Morgan fingerprint density at radius 1 is 1.44 bits per heavy atom. The van der Waals surface area contributed by atoms with Gasteiger partial charge in [-0.25, -0.2) is 4.31 Å². The molecule has 6 heteroatoms. The van der Waals surface area contributed by atoms with E-state index in [2.05, 4.69) is 0 Å². The van der Waals surface area contributed by atoms with Gasteiger partial charge in [0, 0.05) is 17.2 Å². The number of piperidine rings is 1. The number of hydrogen-bond acceptors (Lipinski definition) is 4. The zero-order valence-corrected chi connectivity index (χ0v) is 10.6. The van der Waals surface area contributed by atoms with Crippen molar-refractivity contribution in [2.45, 2.75) is 45.4 Å². The predicted octanol–water partition coefficient (Wildman–Crippen LogP) is 0.441. The molecule has 3 saturated heterocycles. The van der Waals surface area contributed by atoms with E-state index in [0.717, 1.165) is 0 Å². The van der Waals surface area contributed by atoms with Crippen molar-refractivity contribution in [1.29, 1.82) is 0 Å². The lowest BCUT2D eigenvalue weighted by Crippen LogP contribution is -2.73. The van der Waals surface area contributed by atoms with E-state index in [-0.39, 0.29) is 17.9 Å². The van der Waals surface area contributed by atoms with E-state index in [1.165, 1.54) is 4.31 Å². The summed E-state index contributed by atoms with van der Waals surface area (Å²) in [7, 11) is 0. The van der Waals surface area contributed by atoms with Gasteiger partial charge in [-0.1, -0.05) is 13.8 Å². The fourth-order valence-electron chi connectivity index (χ4n) is 2.90. The van der Waals surface area contributed by atoms with Gasteiger partial charge >= 0.3 is 5.97 Å². The van der Waals surface area contributed by atoms with Crippen LogP contribution in [0.1, 0.15) is 27.7 Å². The number of morpholine rings is 1.